The zero-order valence-electron chi connectivity index (χ0n) is 13.8. The quantitative estimate of drug-likeness (QED) is 0.871. The van der Waals surface area contributed by atoms with Gasteiger partial charge in [0, 0.05) is 37.9 Å². The summed E-state index contributed by atoms with van der Waals surface area (Å²) in [6.07, 6.45) is 2.68. The number of hydrogen-bond acceptors (Lipinski definition) is 3. The summed E-state index contributed by atoms with van der Waals surface area (Å²) in [5.74, 6) is 0.707. The molecule has 4 heteroatoms. The molecule has 22 heavy (non-hydrogen) atoms. The summed E-state index contributed by atoms with van der Waals surface area (Å²) in [4.78, 5) is 4.88. The number of halogens is 1. The third-order valence-electron chi connectivity index (χ3n) is 5.03. The number of benzene rings is 1. The van der Waals surface area contributed by atoms with Crippen LogP contribution in [0.2, 0.25) is 0 Å². The highest BCUT2D eigenvalue weighted by molar-refractivity contribution is 5.55. The maximum absolute atomic E-state index is 13.7. The second kappa shape index (κ2) is 6.97. The van der Waals surface area contributed by atoms with Crippen LogP contribution in [0.25, 0.3) is 0 Å². The topological polar surface area (TPSA) is 18.5 Å². The average Bonchev–Trinajstić information content (AvgIpc) is 3.37. The molecule has 3 rings (SSSR count). The van der Waals surface area contributed by atoms with Crippen LogP contribution in [0.4, 0.5) is 10.1 Å². The van der Waals surface area contributed by atoms with Gasteiger partial charge in [-0.25, -0.2) is 4.39 Å². The predicted octanol–water partition coefficient (Wildman–Crippen LogP) is 3.03. The Morgan fingerprint density at radius 1 is 1.23 bits per heavy atom. The molecule has 1 aromatic rings. The van der Waals surface area contributed by atoms with Gasteiger partial charge in [0.1, 0.15) is 5.82 Å². The van der Waals surface area contributed by atoms with Crippen molar-refractivity contribution in [2.45, 2.75) is 32.7 Å². The van der Waals surface area contributed by atoms with Gasteiger partial charge in [-0.2, -0.15) is 0 Å². The van der Waals surface area contributed by atoms with Gasteiger partial charge in [-0.1, -0.05) is 6.92 Å². The molecule has 1 N–H and O–H groups in total. The highest BCUT2D eigenvalue weighted by atomic mass is 19.1. The molecule has 0 amide bonds. The number of anilines is 1. The minimum absolute atomic E-state index is 0.133. The first kappa shape index (κ1) is 15.8. The Labute approximate surface area is 133 Å². The molecule has 1 aromatic carbocycles. The van der Waals surface area contributed by atoms with Gasteiger partial charge < -0.3 is 15.1 Å². The number of rotatable bonds is 6. The Morgan fingerprint density at radius 2 is 1.95 bits per heavy atom. The fourth-order valence-electron chi connectivity index (χ4n) is 3.24. The molecule has 1 unspecified atom stereocenters. The van der Waals surface area contributed by atoms with Gasteiger partial charge in [0.2, 0.25) is 0 Å². The number of nitrogens with zero attached hydrogens (tertiary/aromatic N) is 2. The van der Waals surface area contributed by atoms with Crippen LogP contribution in [0.5, 0.6) is 0 Å². The Bertz CT molecular complexity index is 493. The largest absolute Gasteiger partial charge is 0.369 e. The molecule has 1 saturated heterocycles. The molecule has 0 spiro atoms. The number of hydrogen-bond donors (Lipinski definition) is 1. The molecule has 1 heterocycles. The summed E-state index contributed by atoms with van der Waals surface area (Å²) >= 11 is 0. The van der Waals surface area contributed by atoms with Crippen molar-refractivity contribution in [1.29, 1.82) is 0 Å². The fourth-order valence-corrected chi connectivity index (χ4v) is 3.24. The van der Waals surface area contributed by atoms with Crippen LogP contribution in [0, 0.1) is 11.7 Å². The Kier molecular flexibility index (Phi) is 4.99. The molecule has 2 aliphatic rings. The zero-order chi connectivity index (χ0) is 15.5. The standard InChI is InChI=1S/C18H28FN3/c1-3-21-8-10-22(11-9-21)18-7-6-16(19)12-17(18)14(2)20-13-15-4-5-15/h6-7,12,14-15,20H,3-5,8-11,13H2,1-2H3. The summed E-state index contributed by atoms with van der Waals surface area (Å²) in [5, 5.41) is 3.58. The van der Waals surface area contributed by atoms with Gasteiger partial charge in [0.25, 0.3) is 0 Å². The first-order chi connectivity index (χ1) is 10.7. The van der Waals surface area contributed by atoms with Crippen molar-refractivity contribution in [3.05, 3.63) is 29.6 Å². The van der Waals surface area contributed by atoms with E-state index in [2.05, 4.69) is 29.0 Å². The lowest BCUT2D eigenvalue weighted by molar-refractivity contribution is 0.271. The Hall–Kier alpha value is -1.13. The molecule has 1 saturated carbocycles. The van der Waals surface area contributed by atoms with E-state index < -0.39 is 0 Å². The van der Waals surface area contributed by atoms with E-state index in [0.717, 1.165) is 50.7 Å². The Balaban J connectivity index is 1.72. The maximum Gasteiger partial charge on any atom is 0.123 e. The van der Waals surface area contributed by atoms with Gasteiger partial charge in [0.15, 0.2) is 0 Å². The van der Waals surface area contributed by atoms with Gasteiger partial charge in [-0.15, -0.1) is 0 Å². The molecule has 1 aliphatic carbocycles. The smallest absolute Gasteiger partial charge is 0.123 e. The second-order valence-corrected chi connectivity index (χ2v) is 6.70. The van der Waals surface area contributed by atoms with Crippen LogP contribution >= 0.6 is 0 Å². The number of nitrogens with one attached hydrogen (secondary N) is 1. The predicted molar refractivity (Wildman–Crippen MR) is 89.9 cm³/mol. The molecule has 1 atom stereocenters. The van der Waals surface area contributed by atoms with Crippen molar-refractivity contribution in [1.82, 2.24) is 10.2 Å². The van der Waals surface area contributed by atoms with Crippen LogP contribution in [-0.4, -0.2) is 44.2 Å². The van der Waals surface area contributed by atoms with E-state index in [1.807, 2.05) is 6.07 Å². The van der Waals surface area contributed by atoms with E-state index in [1.165, 1.54) is 18.5 Å². The van der Waals surface area contributed by atoms with Crippen molar-refractivity contribution in [2.24, 2.45) is 5.92 Å². The summed E-state index contributed by atoms with van der Waals surface area (Å²) in [6.45, 7) is 10.8. The van der Waals surface area contributed by atoms with Crippen LogP contribution in [0.15, 0.2) is 18.2 Å². The number of piperazine rings is 1. The summed E-state index contributed by atoms with van der Waals surface area (Å²) in [6, 6.07) is 5.47. The molecule has 0 bridgehead atoms. The Morgan fingerprint density at radius 3 is 2.59 bits per heavy atom. The average molecular weight is 305 g/mol. The zero-order valence-corrected chi connectivity index (χ0v) is 13.8. The van der Waals surface area contributed by atoms with Crippen LogP contribution < -0.4 is 10.2 Å². The monoisotopic (exact) mass is 305 g/mol. The van der Waals surface area contributed by atoms with Crippen molar-refractivity contribution in [2.75, 3.05) is 44.2 Å². The molecule has 3 nitrogen and oxygen atoms in total. The van der Waals surface area contributed by atoms with Crippen molar-refractivity contribution < 1.29 is 4.39 Å². The lowest BCUT2D eigenvalue weighted by atomic mass is 10.0. The van der Waals surface area contributed by atoms with Crippen molar-refractivity contribution in [3.8, 4) is 0 Å². The third kappa shape index (κ3) is 3.79. The first-order valence-electron chi connectivity index (χ1n) is 8.67. The van der Waals surface area contributed by atoms with Crippen LogP contribution in [0.3, 0.4) is 0 Å². The van der Waals surface area contributed by atoms with Crippen molar-refractivity contribution in [3.63, 3.8) is 0 Å². The molecule has 2 fully saturated rings. The first-order valence-corrected chi connectivity index (χ1v) is 8.67. The van der Waals surface area contributed by atoms with Crippen molar-refractivity contribution >= 4 is 5.69 Å². The van der Waals surface area contributed by atoms with E-state index in [4.69, 9.17) is 0 Å². The van der Waals surface area contributed by atoms with Gasteiger partial charge in [-0.3, -0.25) is 0 Å². The van der Waals surface area contributed by atoms with Gasteiger partial charge in [0.05, 0.1) is 0 Å². The molecular formula is C18H28FN3. The molecule has 0 aromatic heterocycles. The van der Waals surface area contributed by atoms with Gasteiger partial charge in [-0.05, 0) is 62.5 Å². The van der Waals surface area contributed by atoms with Gasteiger partial charge >= 0.3 is 0 Å². The fraction of sp³-hybridized carbons (Fsp3) is 0.667. The third-order valence-corrected chi connectivity index (χ3v) is 5.03. The highest BCUT2D eigenvalue weighted by Gasteiger charge is 2.24. The SMILES string of the molecule is CCN1CCN(c2ccc(F)cc2C(C)NCC2CC2)CC1. The van der Waals surface area contributed by atoms with E-state index in [9.17, 15) is 4.39 Å². The minimum Gasteiger partial charge on any atom is -0.369 e. The maximum atomic E-state index is 13.7. The summed E-state index contributed by atoms with van der Waals surface area (Å²) in [7, 11) is 0. The molecule has 1 aliphatic heterocycles. The molecular weight excluding hydrogens is 277 g/mol. The lowest BCUT2D eigenvalue weighted by Crippen LogP contribution is -2.46. The van der Waals surface area contributed by atoms with E-state index >= 15 is 0 Å². The second-order valence-electron chi connectivity index (χ2n) is 6.70. The molecule has 122 valence electrons. The highest BCUT2D eigenvalue weighted by Crippen LogP contribution is 2.31. The minimum atomic E-state index is -0.133. The van der Waals surface area contributed by atoms with Crippen LogP contribution in [0.1, 0.15) is 38.3 Å². The van der Waals surface area contributed by atoms with E-state index in [-0.39, 0.29) is 11.9 Å². The van der Waals surface area contributed by atoms with Crippen LogP contribution in [-0.2, 0) is 0 Å². The summed E-state index contributed by atoms with van der Waals surface area (Å²) in [5.41, 5.74) is 2.30. The van der Waals surface area contributed by atoms with E-state index in [1.54, 1.807) is 12.1 Å². The normalized spacial score (nSPS) is 21.1. The van der Waals surface area contributed by atoms with E-state index in [0.29, 0.717) is 0 Å². The lowest BCUT2D eigenvalue weighted by Gasteiger charge is -2.37. The molecule has 0 radical (unpaired) electrons. The number of likely N-dealkylation sites (N-methyl/N-ethyl adjacent to an activating group) is 1. The summed E-state index contributed by atoms with van der Waals surface area (Å²) < 4.78 is 13.7.